The van der Waals surface area contributed by atoms with Gasteiger partial charge in [0, 0.05) is 45.9 Å². The van der Waals surface area contributed by atoms with Crippen LogP contribution in [-0.4, -0.2) is 104 Å². The third kappa shape index (κ3) is 3.43. The van der Waals surface area contributed by atoms with Gasteiger partial charge in [-0.1, -0.05) is 0 Å². The second-order valence-electron chi connectivity index (χ2n) is 7.16. The van der Waals surface area contributed by atoms with E-state index in [0.717, 1.165) is 13.1 Å². The number of nitrogens with zero attached hydrogens (tertiary/aromatic N) is 4. The number of methoxy groups -OCH3 is 1. The van der Waals surface area contributed by atoms with E-state index in [1.165, 1.54) is 4.90 Å². The summed E-state index contributed by atoms with van der Waals surface area (Å²) in [4.78, 5) is 33.4. The number of carbonyl (C=O) groups excluding carboxylic acids is 2. The Hall–Kier alpha value is -1.18. The van der Waals surface area contributed by atoms with E-state index in [1.54, 1.807) is 12.0 Å². The molecule has 0 unspecified atom stereocenters. The average molecular weight is 340 g/mol. The minimum absolute atomic E-state index is 0.00440. The largest absolute Gasteiger partial charge is 0.383 e. The van der Waals surface area contributed by atoms with Crippen LogP contribution in [0.1, 0.15) is 26.7 Å². The van der Waals surface area contributed by atoms with Gasteiger partial charge in [-0.2, -0.15) is 0 Å². The van der Waals surface area contributed by atoms with E-state index in [-0.39, 0.29) is 11.9 Å². The van der Waals surface area contributed by atoms with Gasteiger partial charge in [0.1, 0.15) is 5.54 Å². The summed E-state index contributed by atoms with van der Waals surface area (Å²) in [5.41, 5.74) is -0.637. The van der Waals surface area contributed by atoms with Gasteiger partial charge in [0.05, 0.1) is 6.61 Å². The average Bonchev–Trinajstić information content (AvgIpc) is 2.73. The molecule has 24 heavy (non-hydrogen) atoms. The van der Waals surface area contributed by atoms with Crippen molar-refractivity contribution in [2.75, 3.05) is 60.5 Å². The Labute approximate surface area is 145 Å². The first-order valence-electron chi connectivity index (χ1n) is 8.88. The van der Waals surface area contributed by atoms with Crippen molar-refractivity contribution in [3.8, 4) is 0 Å². The van der Waals surface area contributed by atoms with Crippen molar-refractivity contribution in [1.29, 1.82) is 0 Å². The van der Waals surface area contributed by atoms with Crippen LogP contribution >= 0.6 is 0 Å². The minimum Gasteiger partial charge on any atom is -0.383 e. The molecular formula is C17H32N4O3. The number of piperidine rings is 1. The number of hydrogen-bond acceptors (Lipinski definition) is 5. The molecule has 1 atom stereocenters. The summed E-state index contributed by atoms with van der Waals surface area (Å²) in [6.07, 6.45) is 1.41. The van der Waals surface area contributed by atoms with Crippen molar-refractivity contribution < 1.29 is 14.3 Å². The standard InChI is InChI=1S/C17H32N4O3/c1-6-21-16(23)20(12-11-18(3)4)15(22)17(21)7-9-19(10-8-17)14(2)13-24-5/h14H,6-13H2,1-5H3/t14-/m1/s1. The molecule has 2 aliphatic rings. The molecule has 0 aromatic rings. The molecule has 2 rings (SSSR count). The van der Waals surface area contributed by atoms with Gasteiger partial charge in [-0.15, -0.1) is 0 Å². The van der Waals surface area contributed by atoms with Crippen LogP contribution < -0.4 is 0 Å². The van der Waals surface area contributed by atoms with E-state index in [9.17, 15) is 9.59 Å². The minimum atomic E-state index is -0.637. The van der Waals surface area contributed by atoms with Gasteiger partial charge >= 0.3 is 6.03 Å². The summed E-state index contributed by atoms with van der Waals surface area (Å²) < 4.78 is 5.24. The van der Waals surface area contributed by atoms with E-state index >= 15 is 0 Å². The number of imide groups is 1. The van der Waals surface area contributed by atoms with Gasteiger partial charge in [-0.05, 0) is 40.8 Å². The first-order valence-corrected chi connectivity index (χ1v) is 8.88. The lowest BCUT2D eigenvalue weighted by Gasteiger charge is -2.43. The number of likely N-dealkylation sites (tertiary alicyclic amines) is 1. The van der Waals surface area contributed by atoms with Crippen LogP contribution in [0.15, 0.2) is 0 Å². The highest BCUT2D eigenvalue weighted by Crippen LogP contribution is 2.37. The maximum absolute atomic E-state index is 13.1. The smallest absolute Gasteiger partial charge is 0.327 e. The van der Waals surface area contributed by atoms with Gasteiger partial charge in [0.25, 0.3) is 5.91 Å². The highest BCUT2D eigenvalue weighted by molar-refractivity contribution is 6.07. The normalized spacial score (nSPS) is 22.9. The Morgan fingerprint density at radius 1 is 1.25 bits per heavy atom. The van der Waals surface area contributed by atoms with Crippen LogP contribution in [0.5, 0.6) is 0 Å². The Bertz CT molecular complexity index is 461. The summed E-state index contributed by atoms with van der Waals surface area (Å²) in [5, 5.41) is 0. The number of ether oxygens (including phenoxy) is 1. The van der Waals surface area contributed by atoms with Crippen molar-refractivity contribution in [2.24, 2.45) is 0 Å². The van der Waals surface area contributed by atoms with Crippen LogP contribution in [0.25, 0.3) is 0 Å². The highest BCUT2D eigenvalue weighted by Gasteiger charge is 2.57. The van der Waals surface area contributed by atoms with Gasteiger partial charge in [0.15, 0.2) is 0 Å². The Kier molecular flexibility index (Phi) is 6.22. The second kappa shape index (κ2) is 7.80. The van der Waals surface area contributed by atoms with Gasteiger partial charge in [-0.3, -0.25) is 14.6 Å². The van der Waals surface area contributed by atoms with E-state index in [1.807, 2.05) is 25.9 Å². The molecule has 0 aliphatic carbocycles. The first-order chi connectivity index (χ1) is 11.4. The quantitative estimate of drug-likeness (QED) is 0.639. The molecule has 0 saturated carbocycles. The summed E-state index contributed by atoms with van der Waals surface area (Å²) in [6.45, 7) is 8.17. The molecule has 0 aromatic carbocycles. The molecule has 3 amide bonds. The predicted octanol–water partition coefficient (Wildman–Crippen LogP) is 0.702. The summed E-state index contributed by atoms with van der Waals surface area (Å²) in [5.74, 6) is -0.00440. The Morgan fingerprint density at radius 2 is 1.88 bits per heavy atom. The van der Waals surface area contributed by atoms with E-state index in [4.69, 9.17) is 4.74 Å². The molecule has 0 bridgehead atoms. The molecule has 2 saturated heterocycles. The third-order valence-electron chi connectivity index (χ3n) is 5.37. The zero-order valence-corrected chi connectivity index (χ0v) is 15.7. The van der Waals surface area contributed by atoms with Crippen LogP contribution in [0, 0.1) is 0 Å². The number of carbonyl (C=O) groups is 2. The fourth-order valence-corrected chi connectivity index (χ4v) is 3.88. The predicted molar refractivity (Wildman–Crippen MR) is 92.9 cm³/mol. The van der Waals surface area contributed by atoms with Crippen LogP contribution in [0.2, 0.25) is 0 Å². The summed E-state index contributed by atoms with van der Waals surface area (Å²) in [7, 11) is 5.62. The molecule has 138 valence electrons. The molecule has 0 aromatic heterocycles. The van der Waals surface area contributed by atoms with Gasteiger partial charge in [0.2, 0.25) is 0 Å². The van der Waals surface area contributed by atoms with Crippen LogP contribution in [0.4, 0.5) is 4.79 Å². The van der Waals surface area contributed by atoms with Gasteiger partial charge < -0.3 is 14.5 Å². The number of urea groups is 1. The summed E-state index contributed by atoms with van der Waals surface area (Å²) >= 11 is 0. The lowest BCUT2D eigenvalue weighted by Crippen LogP contribution is -2.58. The lowest BCUT2D eigenvalue weighted by molar-refractivity contribution is -0.136. The zero-order chi connectivity index (χ0) is 17.9. The number of likely N-dealkylation sites (N-methyl/N-ethyl adjacent to an activating group) is 2. The van der Waals surface area contributed by atoms with Gasteiger partial charge in [-0.25, -0.2) is 4.79 Å². The SMILES string of the molecule is CCN1C(=O)N(CCN(C)C)C(=O)C12CCN([C@H](C)COC)CC2. The summed E-state index contributed by atoms with van der Waals surface area (Å²) in [6, 6.07) is 0.210. The Balaban J connectivity index is 2.11. The van der Waals surface area contributed by atoms with E-state index < -0.39 is 5.54 Å². The molecule has 2 aliphatic heterocycles. The number of rotatable bonds is 7. The molecule has 0 radical (unpaired) electrons. The second-order valence-corrected chi connectivity index (χ2v) is 7.16. The fraction of sp³-hybridized carbons (Fsp3) is 0.882. The van der Waals surface area contributed by atoms with Crippen LogP contribution in [0.3, 0.4) is 0 Å². The van der Waals surface area contributed by atoms with E-state index in [0.29, 0.717) is 45.1 Å². The molecule has 0 N–H and O–H groups in total. The first kappa shape index (κ1) is 19.1. The van der Waals surface area contributed by atoms with Crippen molar-refractivity contribution in [1.82, 2.24) is 19.6 Å². The van der Waals surface area contributed by atoms with Crippen molar-refractivity contribution in [3.63, 3.8) is 0 Å². The van der Waals surface area contributed by atoms with E-state index in [2.05, 4.69) is 11.8 Å². The van der Waals surface area contributed by atoms with Crippen molar-refractivity contribution in [2.45, 2.75) is 38.3 Å². The molecule has 2 fully saturated rings. The molecular weight excluding hydrogens is 308 g/mol. The Morgan fingerprint density at radius 3 is 2.38 bits per heavy atom. The lowest BCUT2D eigenvalue weighted by atomic mass is 9.85. The van der Waals surface area contributed by atoms with Crippen molar-refractivity contribution in [3.05, 3.63) is 0 Å². The third-order valence-corrected chi connectivity index (χ3v) is 5.37. The molecule has 7 nitrogen and oxygen atoms in total. The topological polar surface area (TPSA) is 56.3 Å². The monoisotopic (exact) mass is 340 g/mol. The molecule has 1 spiro atoms. The maximum atomic E-state index is 13.1. The fourth-order valence-electron chi connectivity index (χ4n) is 3.88. The number of hydrogen-bond donors (Lipinski definition) is 0. The number of amides is 3. The van der Waals surface area contributed by atoms with Crippen LogP contribution in [-0.2, 0) is 9.53 Å². The zero-order valence-electron chi connectivity index (χ0n) is 15.7. The maximum Gasteiger partial charge on any atom is 0.327 e. The van der Waals surface area contributed by atoms with Crippen molar-refractivity contribution >= 4 is 11.9 Å². The highest BCUT2D eigenvalue weighted by atomic mass is 16.5. The molecule has 2 heterocycles. The molecule has 7 heteroatoms.